The molecule has 0 fully saturated rings. The third-order valence-corrected chi connectivity index (χ3v) is 6.15. The van der Waals surface area contributed by atoms with Crippen molar-refractivity contribution in [1.82, 2.24) is 5.32 Å². The van der Waals surface area contributed by atoms with E-state index in [0.717, 1.165) is 5.56 Å². The molecule has 0 aliphatic heterocycles. The minimum absolute atomic E-state index is 0.0119. The first kappa shape index (κ1) is 22.4. The molecule has 3 aromatic rings. The average Bonchev–Trinajstić information content (AvgIpc) is 2.74. The molecule has 1 atom stereocenters. The Bertz CT molecular complexity index is 1170. The maximum Gasteiger partial charge on any atom is 0.340 e. The summed E-state index contributed by atoms with van der Waals surface area (Å²) in [6.07, 6.45) is -0.294. The van der Waals surface area contributed by atoms with E-state index in [9.17, 15) is 24.6 Å². The maximum absolute atomic E-state index is 12.5. The lowest BCUT2D eigenvalue weighted by atomic mass is 10.0. The van der Waals surface area contributed by atoms with Gasteiger partial charge in [0.05, 0.1) is 12.0 Å². The number of rotatable bonds is 8. The molecule has 0 aliphatic rings. The molecular weight excluding hydrogens is 418 g/mol. The van der Waals surface area contributed by atoms with Crippen LogP contribution < -0.4 is 10.9 Å². The van der Waals surface area contributed by atoms with Gasteiger partial charge >= 0.3 is 11.6 Å². The number of carbonyl (C=O) groups excluding carboxylic acids is 1. The smallest absolute Gasteiger partial charge is 0.340 e. The van der Waals surface area contributed by atoms with Crippen LogP contribution >= 0.6 is 11.8 Å². The summed E-state index contributed by atoms with van der Waals surface area (Å²) in [5.74, 6) is -0.877. The number of thioether (sulfide) groups is 1. The highest BCUT2D eigenvalue weighted by Crippen LogP contribution is 2.28. The van der Waals surface area contributed by atoms with Crippen LogP contribution in [0.4, 0.5) is 0 Å². The number of hydrogen-bond donors (Lipinski definition) is 3. The number of phenols is 1. The molecule has 31 heavy (non-hydrogen) atoms. The molecule has 1 heterocycles. The topological polar surface area (TPSA) is 117 Å². The van der Waals surface area contributed by atoms with Crippen molar-refractivity contribution in [2.75, 3.05) is 5.75 Å². The van der Waals surface area contributed by atoms with E-state index >= 15 is 0 Å². The molecule has 1 amide bonds. The van der Waals surface area contributed by atoms with Crippen LogP contribution in [0.25, 0.3) is 11.0 Å². The zero-order valence-electron chi connectivity index (χ0n) is 17.2. The van der Waals surface area contributed by atoms with Crippen LogP contribution in [0.3, 0.4) is 0 Å². The van der Waals surface area contributed by atoms with E-state index < -0.39 is 23.5 Å². The number of amides is 1. The number of benzene rings is 2. The summed E-state index contributed by atoms with van der Waals surface area (Å²) in [5, 5.41) is 22.4. The number of fused-ring (bicyclic) bond motifs is 1. The Hall–Kier alpha value is -3.26. The van der Waals surface area contributed by atoms with E-state index in [0.29, 0.717) is 22.3 Å². The van der Waals surface area contributed by atoms with Crippen molar-refractivity contribution in [3.63, 3.8) is 0 Å². The Morgan fingerprint density at radius 2 is 1.81 bits per heavy atom. The predicted octanol–water partition coefficient (Wildman–Crippen LogP) is 3.16. The second kappa shape index (κ2) is 9.70. The van der Waals surface area contributed by atoms with Crippen molar-refractivity contribution in [1.29, 1.82) is 0 Å². The Morgan fingerprint density at radius 1 is 1.10 bits per heavy atom. The zero-order chi connectivity index (χ0) is 22.5. The molecular formula is C23H23NO6S. The normalized spacial score (nSPS) is 11.9. The third kappa shape index (κ3) is 5.27. The van der Waals surface area contributed by atoms with Crippen LogP contribution in [0.15, 0.2) is 51.7 Å². The van der Waals surface area contributed by atoms with Crippen LogP contribution in [0.2, 0.25) is 0 Å². The molecule has 1 aromatic heterocycles. The number of carbonyl (C=O) groups is 2. The Morgan fingerprint density at radius 3 is 2.48 bits per heavy atom. The highest BCUT2D eigenvalue weighted by Gasteiger charge is 2.22. The summed E-state index contributed by atoms with van der Waals surface area (Å²) in [4.78, 5) is 36.5. The van der Waals surface area contributed by atoms with E-state index in [1.807, 2.05) is 30.3 Å². The van der Waals surface area contributed by atoms with Crippen molar-refractivity contribution < 1.29 is 24.2 Å². The summed E-state index contributed by atoms with van der Waals surface area (Å²) < 4.78 is 5.34. The first-order valence-electron chi connectivity index (χ1n) is 9.66. The second-order valence-electron chi connectivity index (χ2n) is 7.22. The highest BCUT2D eigenvalue weighted by atomic mass is 32.2. The minimum Gasteiger partial charge on any atom is -0.508 e. The van der Waals surface area contributed by atoms with Gasteiger partial charge in [-0.3, -0.25) is 4.79 Å². The second-order valence-corrected chi connectivity index (χ2v) is 8.25. The lowest BCUT2D eigenvalue weighted by Gasteiger charge is -2.15. The molecule has 3 rings (SSSR count). The van der Waals surface area contributed by atoms with E-state index in [1.54, 1.807) is 19.9 Å². The fraction of sp³-hybridized carbons (Fsp3) is 0.261. The van der Waals surface area contributed by atoms with Gasteiger partial charge in [-0.2, -0.15) is 11.8 Å². The Labute approximate surface area is 183 Å². The van der Waals surface area contributed by atoms with Gasteiger partial charge in [-0.25, -0.2) is 9.59 Å². The van der Waals surface area contributed by atoms with E-state index in [-0.39, 0.29) is 29.1 Å². The van der Waals surface area contributed by atoms with Gasteiger partial charge in [0.25, 0.3) is 0 Å². The van der Waals surface area contributed by atoms with Gasteiger partial charge in [-0.15, -0.1) is 0 Å². The summed E-state index contributed by atoms with van der Waals surface area (Å²) in [7, 11) is 0. The number of carboxylic acid groups (broad SMARTS) is 1. The number of aromatic hydroxyl groups is 1. The molecule has 8 heteroatoms. The third-order valence-electron chi connectivity index (χ3n) is 5.04. The van der Waals surface area contributed by atoms with Gasteiger partial charge in [0.1, 0.15) is 17.4 Å². The zero-order valence-corrected chi connectivity index (χ0v) is 18.0. The lowest BCUT2D eigenvalue weighted by Crippen LogP contribution is -2.43. The average molecular weight is 442 g/mol. The molecule has 0 aliphatic carbocycles. The predicted molar refractivity (Wildman–Crippen MR) is 119 cm³/mol. The molecule has 0 radical (unpaired) electrons. The Balaban J connectivity index is 1.71. The van der Waals surface area contributed by atoms with Gasteiger partial charge in [0.15, 0.2) is 0 Å². The number of nitrogens with one attached hydrogen (secondary N) is 1. The molecule has 0 saturated heterocycles. The molecule has 0 unspecified atom stereocenters. The van der Waals surface area contributed by atoms with Gasteiger partial charge < -0.3 is 19.9 Å². The van der Waals surface area contributed by atoms with Crippen LogP contribution in [0.1, 0.15) is 22.3 Å². The van der Waals surface area contributed by atoms with Gasteiger partial charge in [-0.05, 0) is 37.1 Å². The van der Waals surface area contributed by atoms with Crippen LogP contribution in [0.5, 0.6) is 5.75 Å². The molecule has 0 saturated carbocycles. The number of carboxylic acids is 1. The summed E-state index contributed by atoms with van der Waals surface area (Å²) in [5.41, 5.74) is 1.82. The number of aliphatic carboxylic acids is 1. The van der Waals surface area contributed by atoms with Gasteiger partial charge in [0.2, 0.25) is 5.91 Å². The van der Waals surface area contributed by atoms with E-state index in [4.69, 9.17) is 4.42 Å². The highest BCUT2D eigenvalue weighted by molar-refractivity contribution is 7.98. The van der Waals surface area contributed by atoms with Crippen LogP contribution in [0, 0.1) is 13.8 Å². The van der Waals surface area contributed by atoms with Crippen molar-refractivity contribution in [3.05, 3.63) is 75.1 Å². The quantitative estimate of drug-likeness (QED) is 0.460. The first-order chi connectivity index (χ1) is 14.8. The molecule has 0 bridgehead atoms. The van der Waals surface area contributed by atoms with Crippen molar-refractivity contribution >= 4 is 34.6 Å². The Kier molecular flexibility index (Phi) is 7.02. The van der Waals surface area contributed by atoms with Crippen LogP contribution in [-0.2, 0) is 21.8 Å². The number of hydrogen-bond acceptors (Lipinski definition) is 6. The molecule has 3 N–H and O–H groups in total. The fourth-order valence-corrected chi connectivity index (χ4v) is 4.24. The first-order valence-corrected chi connectivity index (χ1v) is 10.8. The van der Waals surface area contributed by atoms with Gasteiger partial charge in [-0.1, -0.05) is 30.3 Å². The summed E-state index contributed by atoms with van der Waals surface area (Å²) in [6.45, 7) is 3.33. The molecule has 7 nitrogen and oxygen atoms in total. The molecule has 2 aromatic carbocycles. The lowest BCUT2D eigenvalue weighted by molar-refractivity contribution is -0.141. The monoisotopic (exact) mass is 441 g/mol. The number of phenolic OH excluding ortho intramolecular Hbond substituents is 1. The largest absolute Gasteiger partial charge is 0.508 e. The van der Waals surface area contributed by atoms with Crippen LogP contribution in [-0.4, -0.2) is 33.9 Å². The maximum atomic E-state index is 12.5. The molecule has 0 spiro atoms. The molecule has 162 valence electrons. The van der Waals surface area contributed by atoms with Gasteiger partial charge in [0, 0.05) is 22.5 Å². The van der Waals surface area contributed by atoms with Crippen molar-refractivity contribution in [2.45, 2.75) is 32.1 Å². The van der Waals surface area contributed by atoms with E-state index in [2.05, 4.69) is 5.32 Å². The van der Waals surface area contributed by atoms with Crippen molar-refractivity contribution in [3.8, 4) is 5.75 Å². The minimum atomic E-state index is -1.14. The summed E-state index contributed by atoms with van der Waals surface area (Å²) >= 11 is 1.40. The number of aryl methyl sites for hydroxylation is 2. The summed E-state index contributed by atoms with van der Waals surface area (Å²) in [6, 6.07) is 11.7. The van der Waals surface area contributed by atoms with Crippen molar-refractivity contribution in [2.24, 2.45) is 0 Å². The fourth-order valence-electron chi connectivity index (χ4n) is 3.23. The van der Waals surface area contributed by atoms with E-state index in [1.165, 1.54) is 17.8 Å². The SMILES string of the molecule is Cc1c(CC(=O)N[C@@H](CSCc2ccccc2)C(=O)O)c(=O)oc2c(C)c(O)ccc12. The standard InChI is InChI=1S/C23H23NO6S/c1-13-16-8-9-19(25)14(2)21(16)30-23(29)17(13)10-20(26)24-18(22(27)28)12-31-11-15-6-4-3-5-7-15/h3-9,18,25H,10-12H2,1-2H3,(H,24,26)(H,27,28)/t18-/m0/s1.